The number of imide groups is 1. The molecule has 6 nitrogen and oxygen atoms in total. The third-order valence-electron chi connectivity index (χ3n) is 4.81. The Balaban J connectivity index is 1.71. The normalized spacial score (nSPS) is 15.3. The van der Waals surface area contributed by atoms with Crippen LogP contribution in [0.4, 0.5) is 4.79 Å². The first-order valence-electron chi connectivity index (χ1n) is 9.76. The van der Waals surface area contributed by atoms with Crippen LogP contribution in [0.15, 0.2) is 35.2 Å². The Morgan fingerprint density at radius 1 is 1.19 bits per heavy atom. The fourth-order valence-electron chi connectivity index (χ4n) is 3.17. The summed E-state index contributed by atoms with van der Waals surface area (Å²) in [6.45, 7) is 6.51. The summed E-state index contributed by atoms with van der Waals surface area (Å²) < 4.78 is 11.0. The van der Waals surface area contributed by atoms with Crippen molar-refractivity contribution in [3.05, 3.63) is 56.9 Å². The number of benzene rings is 2. The summed E-state index contributed by atoms with van der Waals surface area (Å²) in [5, 5.41) is 9.59. The van der Waals surface area contributed by atoms with Gasteiger partial charge in [0.15, 0.2) is 11.5 Å². The predicted molar refractivity (Wildman–Crippen MR) is 123 cm³/mol. The molecular weight excluding hydrogens is 438 g/mol. The molecule has 31 heavy (non-hydrogen) atoms. The minimum atomic E-state index is -0.393. The Hall–Kier alpha value is -2.64. The molecule has 1 fully saturated rings. The molecular formula is C23H24ClNO5S. The number of hydrogen-bond donors (Lipinski definition) is 1. The number of methoxy groups -OCH3 is 1. The molecule has 1 aliphatic heterocycles. The van der Waals surface area contributed by atoms with E-state index in [-0.39, 0.29) is 39.8 Å². The van der Waals surface area contributed by atoms with Gasteiger partial charge in [-0.3, -0.25) is 14.5 Å². The lowest BCUT2D eigenvalue weighted by Gasteiger charge is -2.17. The molecule has 2 aromatic rings. The molecule has 3 rings (SSSR count). The number of ether oxygens (including phenoxy) is 2. The first-order chi connectivity index (χ1) is 14.7. The van der Waals surface area contributed by atoms with Crippen molar-refractivity contribution in [1.82, 2.24) is 4.90 Å². The van der Waals surface area contributed by atoms with Crippen molar-refractivity contribution in [1.29, 1.82) is 0 Å². The molecule has 2 amide bonds. The van der Waals surface area contributed by atoms with Crippen LogP contribution in [-0.4, -0.2) is 41.4 Å². The minimum absolute atomic E-state index is 0.0948. The smallest absolute Gasteiger partial charge is 0.293 e. The number of halogens is 1. The molecule has 0 atom stereocenters. The van der Waals surface area contributed by atoms with Gasteiger partial charge in [0.25, 0.3) is 11.1 Å². The fraction of sp³-hybridized carbons (Fsp3) is 0.304. The Bertz CT molecular complexity index is 1050. The Morgan fingerprint density at radius 2 is 1.94 bits per heavy atom. The highest BCUT2D eigenvalue weighted by atomic mass is 35.5. The van der Waals surface area contributed by atoms with Crippen LogP contribution in [0.25, 0.3) is 6.08 Å². The highest BCUT2D eigenvalue weighted by molar-refractivity contribution is 8.18. The molecule has 0 aromatic heterocycles. The maximum absolute atomic E-state index is 12.7. The third-order valence-corrected chi connectivity index (χ3v) is 6.00. The van der Waals surface area contributed by atoms with Gasteiger partial charge in [0.05, 0.1) is 23.6 Å². The Labute approximate surface area is 190 Å². The van der Waals surface area contributed by atoms with Crippen molar-refractivity contribution in [3.8, 4) is 17.2 Å². The van der Waals surface area contributed by atoms with Crippen LogP contribution in [0, 0.1) is 6.92 Å². The standard InChI is InChI=1S/C23H24ClNO5S/c1-13(2)16-6-5-14(3)9-18(16)30-8-7-25-22(27)20(31-23(25)28)12-15-10-17(24)21(26)19(11-15)29-4/h5-6,9-13,26H,7-8H2,1-4H3/b20-12-. The van der Waals surface area contributed by atoms with Gasteiger partial charge in [-0.1, -0.05) is 37.6 Å². The number of amides is 2. The number of carbonyl (C=O) groups excluding carboxylic acids is 2. The van der Waals surface area contributed by atoms with Crippen molar-refractivity contribution in [2.45, 2.75) is 26.7 Å². The van der Waals surface area contributed by atoms with E-state index in [1.54, 1.807) is 12.1 Å². The van der Waals surface area contributed by atoms with E-state index in [1.165, 1.54) is 18.1 Å². The van der Waals surface area contributed by atoms with Crippen molar-refractivity contribution in [2.75, 3.05) is 20.3 Å². The molecule has 8 heteroatoms. The van der Waals surface area contributed by atoms with Crippen molar-refractivity contribution in [3.63, 3.8) is 0 Å². The summed E-state index contributed by atoms with van der Waals surface area (Å²) >= 11 is 6.86. The summed E-state index contributed by atoms with van der Waals surface area (Å²) in [6.07, 6.45) is 1.55. The maximum Gasteiger partial charge on any atom is 0.293 e. The van der Waals surface area contributed by atoms with Crippen LogP contribution in [-0.2, 0) is 4.79 Å². The second-order valence-corrected chi connectivity index (χ2v) is 8.83. The number of rotatable bonds is 7. The number of aromatic hydroxyl groups is 1. The van der Waals surface area contributed by atoms with Gasteiger partial charge >= 0.3 is 0 Å². The van der Waals surface area contributed by atoms with Crippen molar-refractivity contribution < 1.29 is 24.2 Å². The molecule has 0 unspecified atom stereocenters. The van der Waals surface area contributed by atoms with Crippen LogP contribution in [0.1, 0.15) is 36.5 Å². The van der Waals surface area contributed by atoms with Crippen LogP contribution in [0.5, 0.6) is 17.2 Å². The van der Waals surface area contributed by atoms with Crippen LogP contribution < -0.4 is 9.47 Å². The molecule has 0 bridgehead atoms. The van der Waals surface area contributed by atoms with Gasteiger partial charge in [-0.25, -0.2) is 0 Å². The Morgan fingerprint density at radius 3 is 2.61 bits per heavy atom. The number of hydrogen-bond acceptors (Lipinski definition) is 6. The van der Waals surface area contributed by atoms with Gasteiger partial charge < -0.3 is 14.6 Å². The molecule has 0 spiro atoms. The zero-order valence-corrected chi connectivity index (χ0v) is 19.3. The average Bonchev–Trinajstić information content (AvgIpc) is 2.97. The number of aryl methyl sites for hydroxylation is 1. The van der Waals surface area contributed by atoms with Gasteiger partial charge in [-0.05, 0) is 65.6 Å². The van der Waals surface area contributed by atoms with E-state index < -0.39 is 5.91 Å². The van der Waals surface area contributed by atoms with Crippen molar-refractivity contribution in [2.24, 2.45) is 0 Å². The van der Waals surface area contributed by atoms with E-state index in [0.29, 0.717) is 11.5 Å². The number of thioether (sulfide) groups is 1. The number of carbonyl (C=O) groups is 2. The van der Waals surface area contributed by atoms with Gasteiger partial charge in [0.2, 0.25) is 0 Å². The number of nitrogens with zero attached hydrogens (tertiary/aromatic N) is 1. The average molecular weight is 462 g/mol. The molecule has 1 saturated heterocycles. The lowest BCUT2D eigenvalue weighted by Crippen LogP contribution is -2.32. The molecule has 1 heterocycles. The first-order valence-corrected chi connectivity index (χ1v) is 11.0. The highest BCUT2D eigenvalue weighted by Gasteiger charge is 2.35. The molecule has 1 aliphatic rings. The number of phenols is 1. The van der Waals surface area contributed by atoms with E-state index in [0.717, 1.165) is 28.6 Å². The fourth-order valence-corrected chi connectivity index (χ4v) is 4.25. The summed E-state index contributed by atoms with van der Waals surface area (Å²) in [6, 6.07) is 9.08. The molecule has 164 valence electrons. The quantitative estimate of drug-likeness (QED) is 0.541. The Kier molecular flexibility index (Phi) is 7.18. The van der Waals surface area contributed by atoms with Crippen LogP contribution >= 0.6 is 23.4 Å². The molecule has 2 aromatic carbocycles. The van der Waals surface area contributed by atoms with Gasteiger partial charge in [-0.2, -0.15) is 0 Å². The predicted octanol–water partition coefficient (Wildman–Crippen LogP) is 5.60. The largest absolute Gasteiger partial charge is 0.503 e. The zero-order valence-electron chi connectivity index (χ0n) is 17.8. The van der Waals surface area contributed by atoms with Gasteiger partial charge in [0, 0.05) is 0 Å². The zero-order chi connectivity index (χ0) is 22.7. The monoisotopic (exact) mass is 461 g/mol. The second-order valence-electron chi connectivity index (χ2n) is 7.43. The second kappa shape index (κ2) is 9.66. The minimum Gasteiger partial charge on any atom is -0.503 e. The van der Waals surface area contributed by atoms with Crippen LogP contribution in [0.3, 0.4) is 0 Å². The SMILES string of the molecule is COc1cc(/C=C2\SC(=O)N(CCOc3cc(C)ccc3C(C)C)C2=O)cc(Cl)c1O. The summed E-state index contributed by atoms with van der Waals surface area (Å²) in [4.78, 5) is 26.6. The van der Waals surface area contributed by atoms with E-state index >= 15 is 0 Å². The van der Waals surface area contributed by atoms with Crippen molar-refractivity contribution >= 4 is 40.6 Å². The summed E-state index contributed by atoms with van der Waals surface area (Å²) in [7, 11) is 1.40. The molecule has 0 radical (unpaired) electrons. The van der Waals surface area contributed by atoms with Gasteiger partial charge in [0.1, 0.15) is 12.4 Å². The van der Waals surface area contributed by atoms with E-state index in [4.69, 9.17) is 21.1 Å². The molecule has 0 aliphatic carbocycles. The molecule has 1 N–H and O–H groups in total. The van der Waals surface area contributed by atoms with Crippen LogP contribution in [0.2, 0.25) is 5.02 Å². The van der Waals surface area contributed by atoms with E-state index in [2.05, 4.69) is 13.8 Å². The third kappa shape index (κ3) is 5.17. The lowest BCUT2D eigenvalue weighted by atomic mass is 10.0. The molecule has 0 saturated carbocycles. The van der Waals surface area contributed by atoms with E-state index in [1.807, 2.05) is 25.1 Å². The lowest BCUT2D eigenvalue weighted by molar-refractivity contribution is -0.123. The summed E-state index contributed by atoms with van der Waals surface area (Å²) in [5.74, 6) is 0.678. The summed E-state index contributed by atoms with van der Waals surface area (Å²) in [5.41, 5.74) is 2.71. The maximum atomic E-state index is 12.7. The van der Waals surface area contributed by atoms with Gasteiger partial charge in [-0.15, -0.1) is 0 Å². The topological polar surface area (TPSA) is 76.1 Å². The first kappa shape index (κ1) is 23.0. The highest BCUT2D eigenvalue weighted by Crippen LogP contribution is 2.38. The van der Waals surface area contributed by atoms with E-state index in [9.17, 15) is 14.7 Å². The number of phenolic OH excluding ortho intramolecular Hbond substituents is 1.